The van der Waals surface area contributed by atoms with Crippen molar-refractivity contribution >= 4 is 12.0 Å². The molecule has 0 radical (unpaired) electrons. The van der Waals surface area contributed by atoms with Crippen molar-refractivity contribution in [1.29, 1.82) is 0 Å². The first-order chi connectivity index (χ1) is 11.7. The number of amides is 2. The molecule has 1 aliphatic carbocycles. The van der Waals surface area contributed by atoms with Gasteiger partial charge < -0.3 is 20.5 Å². The van der Waals surface area contributed by atoms with Crippen LogP contribution in [0.15, 0.2) is 30.3 Å². The molecule has 25 heavy (non-hydrogen) atoms. The van der Waals surface area contributed by atoms with Crippen LogP contribution < -0.4 is 10.6 Å². The van der Waals surface area contributed by atoms with Crippen LogP contribution >= 0.6 is 0 Å². The molecule has 3 N–H and O–H groups in total. The fourth-order valence-corrected chi connectivity index (χ4v) is 2.59. The average Bonchev–Trinajstić information content (AvgIpc) is 2.48. The van der Waals surface area contributed by atoms with Gasteiger partial charge in [-0.1, -0.05) is 30.3 Å². The maximum atomic E-state index is 12.3. The van der Waals surface area contributed by atoms with Gasteiger partial charge in [0.1, 0.15) is 5.60 Å². The molecule has 1 aliphatic rings. The molecule has 0 spiro atoms. The van der Waals surface area contributed by atoms with Gasteiger partial charge in [-0.3, -0.25) is 4.79 Å². The minimum absolute atomic E-state index is 0.126. The second-order valence-electron chi connectivity index (χ2n) is 7.52. The highest BCUT2D eigenvalue weighted by atomic mass is 16.6. The van der Waals surface area contributed by atoms with E-state index in [0.29, 0.717) is 6.42 Å². The summed E-state index contributed by atoms with van der Waals surface area (Å²) in [5.41, 5.74) is 0.264. The Bertz CT molecular complexity index is 579. The highest BCUT2D eigenvalue weighted by molar-refractivity contribution is 5.82. The lowest BCUT2D eigenvalue weighted by molar-refractivity contribution is -0.132. The summed E-state index contributed by atoms with van der Waals surface area (Å²) in [5, 5.41) is 15.9. The summed E-state index contributed by atoms with van der Waals surface area (Å²) in [6.45, 7) is 5.29. The zero-order chi connectivity index (χ0) is 18.4. The van der Waals surface area contributed by atoms with E-state index in [9.17, 15) is 14.7 Å². The van der Waals surface area contributed by atoms with E-state index in [-0.39, 0.29) is 6.04 Å². The minimum atomic E-state index is -1.34. The Morgan fingerprint density at radius 3 is 2.40 bits per heavy atom. The molecule has 1 fully saturated rings. The molecule has 2 atom stereocenters. The molecule has 0 saturated heterocycles. The molecule has 0 aromatic heterocycles. The summed E-state index contributed by atoms with van der Waals surface area (Å²) in [6, 6.07) is 8.78. The van der Waals surface area contributed by atoms with Crippen molar-refractivity contribution in [3.05, 3.63) is 35.9 Å². The smallest absolute Gasteiger partial charge is 0.407 e. The van der Waals surface area contributed by atoms with Gasteiger partial charge in [0.2, 0.25) is 0 Å². The molecule has 1 aromatic carbocycles. The van der Waals surface area contributed by atoms with Crippen molar-refractivity contribution in [3.63, 3.8) is 0 Å². The van der Waals surface area contributed by atoms with Crippen molar-refractivity contribution in [3.8, 4) is 0 Å². The van der Waals surface area contributed by atoms with Crippen LogP contribution in [0.4, 0.5) is 4.79 Å². The second kappa shape index (κ2) is 8.34. The zero-order valence-corrected chi connectivity index (χ0v) is 15.1. The van der Waals surface area contributed by atoms with Crippen molar-refractivity contribution in [2.45, 2.75) is 70.2 Å². The number of nitrogens with one attached hydrogen (secondary N) is 2. The molecule has 0 bridgehead atoms. The van der Waals surface area contributed by atoms with Crippen LogP contribution in [0.3, 0.4) is 0 Å². The summed E-state index contributed by atoms with van der Waals surface area (Å²) in [7, 11) is 0. The van der Waals surface area contributed by atoms with Crippen molar-refractivity contribution in [2.24, 2.45) is 0 Å². The maximum Gasteiger partial charge on any atom is 0.407 e. The highest BCUT2D eigenvalue weighted by Gasteiger charge is 2.31. The average molecular weight is 348 g/mol. The van der Waals surface area contributed by atoms with E-state index in [1.807, 2.05) is 30.3 Å². The second-order valence-corrected chi connectivity index (χ2v) is 7.52. The molecule has 0 heterocycles. The van der Waals surface area contributed by atoms with Crippen LogP contribution in [0, 0.1) is 0 Å². The van der Waals surface area contributed by atoms with Crippen LogP contribution in [0.1, 0.15) is 45.6 Å². The summed E-state index contributed by atoms with van der Waals surface area (Å²) in [6.07, 6.45) is 1.30. The van der Waals surface area contributed by atoms with E-state index in [4.69, 9.17) is 4.74 Å². The molecule has 1 unspecified atom stereocenters. The molecule has 6 heteroatoms. The first kappa shape index (κ1) is 19.2. The van der Waals surface area contributed by atoms with Gasteiger partial charge in [-0.15, -0.1) is 0 Å². The molecular weight excluding hydrogens is 320 g/mol. The zero-order valence-electron chi connectivity index (χ0n) is 15.1. The summed E-state index contributed by atoms with van der Waals surface area (Å²) in [4.78, 5) is 24.4. The number of aliphatic hydroxyl groups is 1. The lowest BCUT2D eigenvalue weighted by Crippen LogP contribution is -2.54. The van der Waals surface area contributed by atoms with E-state index in [0.717, 1.165) is 24.8 Å². The number of alkyl carbamates (subject to hydrolysis) is 1. The Kier molecular flexibility index (Phi) is 6.42. The van der Waals surface area contributed by atoms with Crippen LogP contribution in [-0.2, 0) is 16.0 Å². The lowest BCUT2D eigenvalue weighted by atomic mass is 9.92. The minimum Gasteiger partial charge on any atom is -0.444 e. The summed E-state index contributed by atoms with van der Waals surface area (Å²) in [5.74, 6) is -0.457. The predicted octanol–water partition coefficient (Wildman–Crippen LogP) is 2.15. The Morgan fingerprint density at radius 2 is 1.88 bits per heavy atom. The third-order valence-electron chi connectivity index (χ3n) is 4.10. The van der Waals surface area contributed by atoms with E-state index in [1.165, 1.54) is 0 Å². The number of hydrogen-bond acceptors (Lipinski definition) is 4. The molecule has 1 saturated carbocycles. The molecular formula is C19H28N2O4. The van der Waals surface area contributed by atoms with Gasteiger partial charge in [-0.2, -0.15) is 0 Å². The van der Waals surface area contributed by atoms with E-state index in [1.54, 1.807) is 20.8 Å². The van der Waals surface area contributed by atoms with Gasteiger partial charge >= 0.3 is 6.09 Å². The molecule has 138 valence electrons. The quantitative estimate of drug-likeness (QED) is 0.735. The first-order valence-electron chi connectivity index (χ1n) is 8.76. The van der Waals surface area contributed by atoms with Gasteiger partial charge in [0.15, 0.2) is 6.10 Å². The van der Waals surface area contributed by atoms with Crippen molar-refractivity contribution in [1.82, 2.24) is 10.6 Å². The van der Waals surface area contributed by atoms with Crippen molar-refractivity contribution in [2.75, 3.05) is 0 Å². The Morgan fingerprint density at radius 1 is 1.24 bits per heavy atom. The third-order valence-corrected chi connectivity index (χ3v) is 4.10. The van der Waals surface area contributed by atoms with Gasteiger partial charge in [-0.25, -0.2) is 4.79 Å². The molecule has 1 aromatic rings. The lowest BCUT2D eigenvalue weighted by Gasteiger charge is -2.30. The highest BCUT2D eigenvalue weighted by Crippen LogP contribution is 2.18. The number of benzene rings is 1. The number of rotatable bonds is 6. The Hall–Kier alpha value is -2.08. The predicted molar refractivity (Wildman–Crippen MR) is 95.1 cm³/mol. The normalized spacial score (nSPS) is 17.1. The van der Waals surface area contributed by atoms with Gasteiger partial charge in [0, 0.05) is 6.04 Å². The largest absolute Gasteiger partial charge is 0.444 e. The molecule has 0 aliphatic heterocycles. The molecule has 6 nitrogen and oxygen atoms in total. The monoisotopic (exact) mass is 348 g/mol. The van der Waals surface area contributed by atoms with Crippen LogP contribution in [0.25, 0.3) is 0 Å². The summed E-state index contributed by atoms with van der Waals surface area (Å²) < 4.78 is 5.26. The molecule has 2 rings (SSSR count). The number of carbonyl (C=O) groups excluding carboxylic acids is 2. The van der Waals surface area contributed by atoms with E-state index < -0.39 is 29.7 Å². The standard InChI is InChI=1S/C19H28N2O4/c1-19(2,3)25-18(24)21-15(12-13-8-5-4-6-9-13)16(22)17(23)20-14-10-7-11-14/h4-6,8-9,14-16,22H,7,10-12H2,1-3H3,(H,20,23)(H,21,24)/t15-,16?/m0/s1. The van der Waals surface area contributed by atoms with E-state index >= 15 is 0 Å². The third kappa shape index (κ3) is 6.38. The van der Waals surface area contributed by atoms with Crippen molar-refractivity contribution < 1.29 is 19.4 Å². The van der Waals surface area contributed by atoms with Gasteiger partial charge in [0.25, 0.3) is 5.91 Å². The first-order valence-corrected chi connectivity index (χ1v) is 8.76. The number of aliphatic hydroxyl groups excluding tert-OH is 1. The topological polar surface area (TPSA) is 87.7 Å². The summed E-state index contributed by atoms with van der Waals surface area (Å²) >= 11 is 0. The van der Waals surface area contributed by atoms with Crippen LogP contribution in [-0.4, -0.2) is 40.9 Å². The SMILES string of the molecule is CC(C)(C)OC(=O)N[C@@H](Cc1ccccc1)C(O)C(=O)NC1CCC1. The Labute approximate surface area is 149 Å². The van der Waals surface area contributed by atoms with E-state index in [2.05, 4.69) is 10.6 Å². The maximum absolute atomic E-state index is 12.3. The number of hydrogen-bond donors (Lipinski definition) is 3. The van der Waals surface area contributed by atoms with Gasteiger partial charge in [0.05, 0.1) is 6.04 Å². The Balaban J connectivity index is 2.04. The number of carbonyl (C=O) groups is 2. The number of ether oxygens (including phenoxy) is 1. The van der Waals surface area contributed by atoms with Gasteiger partial charge in [-0.05, 0) is 52.0 Å². The van der Waals surface area contributed by atoms with Crippen LogP contribution in [0.5, 0.6) is 0 Å². The fraction of sp³-hybridized carbons (Fsp3) is 0.579. The molecule has 2 amide bonds. The van der Waals surface area contributed by atoms with Crippen LogP contribution in [0.2, 0.25) is 0 Å². The fourth-order valence-electron chi connectivity index (χ4n) is 2.59.